The second-order valence-corrected chi connectivity index (χ2v) is 3.67. The average molecular weight is 232 g/mol. The molecule has 0 radical (unpaired) electrons. The first-order valence-electron chi connectivity index (χ1n) is 5.00. The van der Waals surface area contributed by atoms with Gasteiger partial charge in [0, 0.05) is 12.8 Å². The zero-order valence-electron chi connectivity index (χ0n) is 8.94. The monoisotopic (exact) mass is 232 g/mol. The van der Waals surface area contributed by atoms with Crippen LogP contribution < -0.4 is 0 Å². The van der Waals surface area contributed by atoms with E-state index in [-0.39, 0.29) is 12.8 Å². The predicted molar refractivity (Wildman–Crippen MR) is 53.7 cm³/mol. The largest absolute Gasteiger partial charge is 0.508 e. The van der Waals surface area contributed by atoms with Crippen LogP contribution in [0.4, 0.5) is 4.79 Å². The third-order valence-electron chi connectivity index (χ3n) is 2.36. The zero-order valence-corrected chi connectivity index (χ0v) is 8.94. The summed E-state index contributed by atoms with van der Waals surface area (Å²) in [6.07, 6.45) is -1.52. The Morgan fingerprint density at radius 3 is 2.44 bits per heavy atom. The third-order valence-corrected chi connectivity index (χ3v) is 2.36. The van der Waals surface area contributed by atoms with Crippen molar-refractivity contribution in [2.24, 2.45) is 0 Å². The molecule has 1 aliphatic rings. The van der Waals surface area contributed by atoms with Crippen LogP contribution in [0.25, 0.3) is 0 Å². The molecule has 0 saturated heterocycles. The van der Waals surface area contributed by atoms with Crippen LogP contribution in [0.3, 0.4) is 0 Å². The van der Waals surface area contributed by atoms with Crippen molar-refractivity contribution in [2.75, 3.05) is 7.11 Å². The zero-order chi connectivity index (χ0) is 12.1. The maximum absolute atomic E-state index is 10.9. The topological polar surface area (TPSA) is 96.2 Å². The van der Waals surface area contributed by atoms with E-state index in [9.17, 15) is 20.1 Å². The minimum Gasteiger partial charge on any atom is -0.438 e. The van der Waals surface area contributed by atoms with Gasteiger partial charge in [0.15, 0.2) is 0 Å². The van der Waals surface area contributed by atoms with Crippen LogP contribution in [0, 0.1) is 0 Å². The Bertz CT molecular complexity index is 264. The van der Waals surface area contributed by atoms with E-state index in [1.54, 1.807) is 0 Å². The molecule has 3 N–H and O–H groups in total. The second-order valence-electron chi connectivity index (χ2n) is 3.67. The van der Waals surface area contributed by atoms with Crippen LogP contribution in [0.2, 0.25) is 0 Å². The lowest BCUT2D eigenvalue weighted by molar-refractivity contribution is -0.0350. The smallest absolute Gasteiger partial charge is 0.438 e. The SMILES string of the molecule is COC(=O)OC1/C=C/C(O)CC(O)C(O)C1. The van der Waals surface area contributed by atoms with Gasteiger partial charge in [-0.25, -0.2) is 4.79 Å². The van der Waals surface area contributed by atoms with Crippen LogP contribution >= 0.6 is 0 Å². The molecule has 0 aromatic rings. The first-order valence-corrected chi connectivity index (χ1v) is 5.00. The average Bonchev–Trinajstić information content (AvgIpc) is 2.24. The molecular weight excluding hydrogens is 216 g/mol. The maximum Gasteiger partial charge on any atom is 0.508 e. The Hall–Kier alpha value is -1.11. The van der Waals surface area contributed by atoms with Gasteiger partial charge < -0.3 is 24.8 Å². The summed E-state index contributed by atoms with van der Waals surface area (Å²) in [7, 11) is 1.18. The first kappa shape index (κ1) is 13.0. The van der Waals surface area contributed by atoms with E-state index in [2.05, 4.69) is 4.74 Å². The normalized spacial score (nSPS) is 37.0. The first-order chi connectivity index (χ1) is 7.52. The van der Waals surface area contributed by atoms with Gasteiger partial charge in [0.05, 0.1) is 25.4 Å². The molecule has 0 aromatic carbocycles. The van der Waals surface area contributed by atoms with Gasteiger partial charge in [-0.15, -0.1) is 0 Å². The van der Waals surface area contributed by atoms with Gasteiger partial charge in [-0.1, -0.05) is 6.08 Å². The minimum atomic E-state index is -1.05. The molecule has 0 fully saturated rings. The molecule has 6 nitrogen and oxygen atoms in total. The standard InChI is InChI=1S/C10H16O6/c1-15-10(14)16-7-3-2-6(11)4-8(12)9(13)5-7/h2-3,6-9,11-13H,4-5H2,1H3/b3-2+. The van der Waals surface area contributed by atoms with Crippen molar-refractivity contribution in [2.45, 2.75) is 37.3 Å². The molecule has 0 bridgehead atoms. The van der Waals surface area contributed by atoms with Crippen LogP contribution in [-0.2, 0) is 9.47 Å². The van der Waals surface area contributed by atoms with Crippen molar-refractivity contribution < 1.29 is 29.6 Å². The van der Waals surface area contributed by atoms with Crippen LogP contribution in [0.5, 0.6) is 0 Å². The fourth-order valence-corrected chi connectivity index (χ4v) is 1.47. The van der Waals surface area contributed by atoms with E-state index in [1.807, 2.05) is 0 Å². The summed E-state index contributed by atoms with van der Waals surface area (Å²) in [6.45, 7) is 0. The Balaban J connectivity index is 2.65. The quantitative estimate of drug-likeness (QED) is 0.419. The fourth-order valence-electron chi connectivity index (χ4n) is 1.47. The third kappa shape index (κ3) is 3.80. The lowest BCUT2D eigenvalue weighted by Gasteiger charge is -2.25. The van der Waals surface area contributed by atoms with Crippen molar-refractivity contribution in [3.63, 3.8) is 0 Å². The van der Waals surface area contributed by atoms with Gasteiger partial charge in [0.2, 0.25) is 0 Å². The van der Waals surface area contributed by atoms with Crippen molar-refractivity contribution in [1.29, 1.82) is 0 Å². The van der Waals surface area contributed by atoms with Crippen molar-refractivity contribution in [3.8, 4) is 0 Å². The van der Waals surface area contributed by atoms with E-state index in [1.165, 1.54) is 19.3 Å². The van der Waals surface area contributed by atoms with E-state index >= 15 is 0 Å². The number of aliphatic hydroxyl groups excluding tert-OH is 3. The summed E-state index contributed by atoms with van der Waals surface area (Å²) >= 11 is 0. The van der Waals surface area contributed by atoms with Gasteiger partial charge >= 0.3 is 6.16 Å². The highest BCUT2D eigenvalue weighted by Crippen LogP contribution is 2.16. The number of hydrogen-bond donors (Lipinski definition) is 3. The molecule has 4 unspecified atom stereocenters. The molecule has 16 heavy (non-hydrogen) atoms. The van der Waals surface area contributed by atoms with Gasteiger partial charge in [-0.3, -0.25) is 0 Å². The molecule has 0 aromatic heterocycles. The molecule has 0 aliphatic heterocycles. The van der Waals surface area contributed by atoms with Crippen LogP contribution in [0.1, 0.15) is 12.8 Å². The fraction of sp³-hybridized carbons (Fsp3) is 0.700. The van der Waals surface area contributed by atoms with Gasteiger partial charge in [0.25, 0.3) is 0 Å². The Labute approximate surface area is 93.1 Å². The Morgan fingerprint density at radius 2 is 1.81 bits per heavy atom. The highest BCUT2D eigenvalue weighted by Gasteiger charge is 2.26. The molecular formula is C10H16O6. The van der Waals surface area contributed by atoms with E-state index in [0.717, 1.165) is 0 Å². The molecule has 1 rings (SSSR count). The lowest BCUT2D eigenvalue weighted by Crippen LogP contribution is -2.35. The number of methoxy groups -OCH3 is 1. The van der Waals surface area contributed by atoms with Crippen molar-refractivity contribution in [1.82, 2.24) is 0 Å². The number of carbonyl (C=O) groups is 1. The Morgan fingerprint density at radius 1 is 1.19 bits per heavy atom. The molecule has 0 saturated carbocycles. The molecule has 0 amide bonds. The number of aliphatic hydroxyl groups is 3. The molecule has 6 heteroatoms. The number of hydrogen-bond acceptors (Lipinski definition) is 6. The lowest BCUT2D eigenvalue weighted by atomic mass is 9.97. The van der Waals surface area contributed by atoms with E-state index in [4.69, 9.17) is 4.74 Å². The van der Waals surface area contributed by atoms with Crippen LogP contribution in [-0.4, -0.2) is 53.0 Å². The Kier molecular flexibility index (Phi) is 4.72. The summed E-state index contributed by atoms with van der Waals surface area (Å²) in [5.74, 6) is 0. The highest BCUT2D eigenvalue weighted by molar-refractivity contribution is 5.60. The number of carbonyl (C=O) groups excluding carboxylic acids is 1. The highest BCUT2D eigenvalue weighted by atomic mass is 16.7. The van der Waals surface area contributed by atoms with Crippen molar-refractivity contribution in [3.05, 3.63) is 12.2 Å². The maximum atomic E-state index is 10.9. The molecule has 1 aliphatic carbocycles. The van der Waals surface area contributed by atoms with Gasteiger partial charge in [-0.05, 0) is 6.08 Å². The summed E-state index contributed by atoms with van der Waals surface area (Å²) in [5, 5.41) is 28.4. The predicted octanol–water partition coefficient (Wildman–Crippen LogP) is -0.429. The second kappa shape index (κ2) is 5.83. The van der Waals surface area contributed by atoms with Gasteiger partial charge in [-0.2, -0.15) is 0 Å². The summed E-state index contributed by atoms with van der Waals surface area (Å²) in [5.41, 5.74) is 0. The summed E-state index contributed by atoms with van der Waals surface area (Å²) < 4.78 is 9.13. The summed E-state index contributed by atoms with van der Waals surface area (Å²) in [4.78, 5) is 10.9. The minimum absolute atomic E-state index is 0.0581. The van der Waals surface area contributed by atoms with Gasteiger partial charge in [0.1, 0.15) is 6.10 Å². The van der Waals surface area contributed by atoms with E-state index < -0.39 is 30.6 Å². The van der Waals surface area contributed by atoms with E-state index in [0.29, 0.717) is 0 Å². The summed E-state index contributed by atoms with van der Waals surface area (Å²) in [6, 6.07) is 0. The molecule has 4 atom stereocenters. The molecule has 92 valence electrons. The van der Waals surface area contributed by atoms with Crippen LogP contribution in [0.15, 0.2) is 12.2 Å². The van der Waals surface area contributed by atoms with Crippen molar-refractivity contribution >= 4 is 6.16 Å². The number of ether oxygens (including phenoxy) is 2. The number of rotatable bonds is 1. The molecule has 0 heterocycles. The molecule has 0 spiro atoms.